The number of rotatable bonds is 7. The van der Waals surface area contributed by atoms with Crippen LogP contribution in [0.3, 0.4) is 0 Å². The molecule has 0 spiro atoms. The SMILES string of the molecule is C#CC1CN(C(C=O)(NC(=O)c2ccc(-c3nc(N4CCN(C)CC4)sc3F)cc2)C2CCCCC2)C2C(=O)COC12. The van der Waals surface area contributed by atoms with Gasteiger partial charge in [0.25, 0.3) is 5.91 Å². The van der Waals surface area contributed by atoms with Crippen molar-refractivity contribution in [2.45, 2.75) is 49.9 Å². The molecule has 4 aliphatic rings. The van der Waals surface area contributed by atoms with Crippen LogP contribution in [0.4, 0.5) is 9.52 Å². The Morgan fingerprint density at radius 1 is 1.19 bits per heavy atom. The molecule has 4 atom stereocenters. The van der Waals surface area contributed by atoms with Gasteiger partial charge >= 0.3 is 0 Å². The Labute approximate surface area is 249 Å². The van der Waals surface area contributed by atoms with Crippen molar-refractivity contribution in [1.82, 2.24) is 20.1 Å². The maximum absolute atomic E-state index is 15.0. The van der Waals surface area contributed by atoms with E-state index in [9.17, 15) is 18.8 Å². The van der Waals surface area contributed by atoms with E-state index in [0.29, 0.717) is 16.3 Å². The van der Waals surface area contributed by atoms with Crippen molar-refractivity contribution in [3.05, 3.63) is 35.0 Å². The lowest BCUT2D eigenvalue weighted by Crippen LogP contribution is -2.68. The number of benzene rings is 1. The molecule has 222 valence electrons. The number of carbonyl (C=O) groups excluding carboxylic acids is 3. The summed E-state index contributed by atoms with van der Waals surface area (Å²) in [5.74, 6) is 1.64. The third-order valence-electron chi connectivity index (χ3n) is 9.36. The van der Waals surface area contributed by atoms with Gasteiger partial charge in [0.1, 0.15) is 18.3 Å². The van der Waals surface area contributed by atoms with Crippen LogP contribution in [-0.4, -0.2) is 96.9 Å². The molecule has 0 radical (unpaired) electrons. The molecule has 1 aromatic carbocycles. The number of likely N-dealkylation sites (N-methyl/N-ethyl adjacent to an activating group) is 1. The monoisotopic (exact) mass is 593 g/mol. The third-order valence-corrected chi connectivity index (χ3v) is 10.3. The first kappa shape index (κ1) is 28.9. The molecule has 2 aromatic rings. The van der Waals surface area contributed by atoms with Crippen molar-refractivity contribution in [2.75, 3.05) is 51.3 Å². The number of carbonyl (C=O) groups is 3. The van der Waals surface area contributed by atoms with Gasteiger partial charge in [-0.15, -0.1) is 6.42 Å². The Balaban J connectivity index is 1.25. The van der Waals surface area contributed by atoms with Gasteiger partial charge in [0.15, 0.2) is 22.9 Å². The Bertz CT molecular complexity index is 1380. The van der Waals surface area contributed by atoms with Crippen LogP contribution in [0.1, 0.15) is 42.5 Å². The van der Waals surface area contributed by atoms with E-state index >= 15 is 0 Å². The van der Waals surface area contributed by atoms with E-state index in [0.717, 1.165) is 75.9 Å². The highest BCUT2D eigenvalue weighted by Crippen LogP contribution is 2.42. The number of aldehydes is 1. The Hall–Kier alpha value is -3.17. The topological polar surface area (TPSA) is 95.1 Å². The largest absolute Gasteiger partial charge is 0.367 e. The van der Waals surface area contributed by atoms with Gasteiger partial charge in [-0.3, -0.25) is 19.3 Å². The summed E-state index contributed by atoms with van der Waals surface area (Å²) in [6.45, 7) is 3.60. The second-order valence-electron chi connectivity index (χ2n) is 11.8. The average molecular weight is 594 g/mol. The van der Waals surface area contributed by atoms with E-state index in [1.54, 1.807) is 29.2 Å². The number of anilines is 1. The number of ketones is 1. The minimum absolute atomic E-state index is 0.0529. The highest BCUT2D eigenvalue weighted by Gasteiger charge is 2.59. The van der Waals surface area contributed by atoms with Crippen LogP contribution in [0.5, 0.6) is 0 Å². The molecule has 4 unspecified atom stereocenters. The number of thiazole rings is 1. The van der Waals surface area contributed by atoms with E-state index in [2.05, 4.69) is 33.1 Å². The second-order valence-corrected chi connectivity index (χ2v) is 12.8. The molecule has 9 nitrogen and oxygen atoms in total. The highest BCUT2D eigenvalue weighted by atomic mass is 32.1. The number of Topliss-reactive ketones (excluding diaryl/α,β-unsaturated/α-hetero) is 1. The fourth-order valence-electron chi connectivity index (χ4n) is 6.96. The summed E-state index contributed by atoms with van der Waals surface area (Å²) in [4.78, 5) is 50.5. The number of hydrogen-bond acceptors (Lipinski definition) is 9. The number of hydrogen-bond donors (Lipinski definition) is 1. The van der Waals surface area contributed by atoms with Crippen LogP contribution < -0.4 is 10.2 Å². The molecule has 1 saturated carbocycles. The van der Waals surface area contributed by atoms with Gasteiger partial charge in [-0.1, -0.05) is 48.7 Å². The van der Waals surface area contributed by atoms with Gasteiger partial charge in [-0.05, 0) is 32.0 Å². The zero-order valence-corrected chi connectivity index (χ0v) is 24.6. The lowest BCUT2D eigenvalue weighted by Gasteiger charge is -2.46. The fraction of sp³-hybridized carbons (Fsp3) is 0.548. The van der Waals surface area contributed by atoms with Gasteiger partial charge in [-0.25, -0.2) is 4.98 Å². The summed E-state index contributed by atoms with van der Waals surface area (Å²) in [6.07, 6.45) is 10.5. The zero-order valence-electron chi connectivity index (χ0n) is 23.8. The molecule has 3 aliphatic heterocycles. The first-order chi connectivity index (χ1) is 20.3. The van der Waals surface area contributed by atoms with Crippen LogP contribution in [0.25, 0.3) is 11.3 Å². The number of amides is 1. The molecule has 6 rings (SSSR count). The number of halogens is 1. The lowest BCUT2D eigenvalue weighted by atomic mass is 9.78. The molecule has 4 heterocycles. The number of fused-ring (bicyclic) bond motifs is 1. The predicted molar refractivity (Wildman–Crippen MR) is 158 cm³/mol. The van der Waals surface area contributed by atoms with E-state index in [4.69, 9.17) is 11.2 Å². The van der Waals surface area contributed by atoms with Gasteiger partial charge in [-0.2, -0.15) is 4.39 Å². The molecule has 3 saturated heterocycles. The number of ether oxygens (including phenoxy) is 1. The van der Waals surface area contributed by atoms with Crippen molar-refractivity contribution in [3.63, 3.8) is 0 Å². The van der Waals surface area contributed by atoms with Gasteiger partial charge in [0, 0.05) is 49.8 Å². The molecule has 1 aliphatic carbocycles. The molecule has 1 amide bonds. The summed E-state index contributed by atoms with van der Waals surface area (Å²) in [7, 11) is 2.07. The maximum Gasteiger partial charge on any atom is 0.253 e. The van der Waals surface area contributed by atoms with Crippen molar-refractivity contribution in [2.24, 2.45) is 11.8 Å². The first-order valence-corrected chi connectivity index (χ1v) is 15.5. The van der Waals surface area contributed by atoms with Crippen LogP contribution >= 0.6 is 11.3 Å². The molecule has 4 fully saturated rings. The van der Waals surface area contributed by atoms with Crippen LogP contribution in [-0.2, 0) is 14.3 Å². The van der Waals surface area contributed by atoms with Gasteiger partial charge in [0.05, 0.1) is 12.0 Å². The lowest BCUT2D eigenvalue weighted by molar-refractivity contribution is -0.132. The van der Waals surface area contributed by atoms with Crippen LogP contribution in [0.2, 0.25) is 0 Å². The van der Waals surface area contributed by atoms with E-state index in [1.165, 1.54) is 0 Å². The summed E-state index contributed by atoms with van der Waals surface area (Å²) < 4.78 is 20.7. The molecule has 1 N–H and O–H groups in total. The van der Waals surface area contributed by atoms with Crippen LogP contribution in [0, 0.1) is 29.3 Å². The highest BCUT2D eigenvalue weighted by molar-refractivity contribution is 7.14. The van der Waals surface area contributed by atoms with Gasteiger partial charge in [0.2, 0.25) is 5.13 Å². The number of piperazine rings is 1. The minimum Gasteiger partial charge on any atom is -0.367 e. The number of terminal acetylenes is 1. The maximum atomic E-state index is 15.0. The van der Waals surface area contributed by atoms with Crippen molar-refractivity contribution in [3.8, 4) is 23.6 Å². The molecule has 42 heavy (non-hydrogen) atoms. The quantitative estimate of drug-likeness (QED) is 0.387. The van der Waals surface area contributed by atoms with E-state index in [-0.39, 0.29) is 41.6 Å². The summed E-state index contributed by atoms with van der Waals surface area (Å²) >= 11 is 1.03. The molecular weight excluding hydrogens is 557 g/mol. The van der Waals surface area contributed by atoms with Gasteiger partial charge < -0.3 is 19.9 Å². The summed E-state index contributed by atoms with van der Waals surface area (Å²) in [6, 6.07) is 5.92. The Kier molecular flexibility index (Phi) is 8.16. The second kappa shape index (κ2) is 11.8. The Morgan fingerprint density at radius 2 is 1.90 bits per heavy atom. The van der Waals surface area contributed by atoms with E-state index in [1.807, 2.05) is 0 Å². The number of nitrogens with one attached hydrogen (secondary N) is 1. The molecule has 1 aromatic heterocycles. The van der Waals surface area contributed by atoms with Crippen molar-refractivity contribution in [1.29, 1.82) is 0 Å². The fourth-order valence-corrected chi connectivity index (χ4v) is 7.83. The molecule has 11 heteroatoms. The summed E-state index contributed by atoms with van der Waals surface area (Å²) in [5, 5.41) is 3.34. The van der Waals surface area contributed by atoms with Crippen molar-refractivity contribution < 1.29 is 23.5 Å². The minimum atomic E-state index is -1.40. The average Bonchev–Trinajstić information content (AvgIpc) is 3.71. The van der Waals surface area contributed by atoms with Crippen LogP contribution in [0.15, 0.2) is 24.3 Å². The molecule has 0 bridgehead atoms. The smallest absolute Gasteiger partial charge is 0.253 e. The standard InChI is InChI=1S/C31H36FN5O4S/c1-3-20-17-37(26-24(39)18-41-27(20)26)31(19-38,23-7-5-4-6-8-23)34-29(40)22-11-9-21(10-12-22)25-28(32)42-30(33-25)36-15-13-35(2)14-16-36/h1,9-12,19-20,23,26-27H,4-8,13-18H2,2H3,(H,34,40). The zero-order chi connectivity index (χ0) is 29.4. The summed E-state index contributed by atoms with van der Waals surface area (Å²) in [5.41, 5.74) is -0.239. The van der Waals surface area contributed by atoms with E-state index < -0.39 is 23.7 Å². The first-order valence-electron chi connectivity index (χ1n) is 14.7. The van der Waals surface area contributed by atoms with Crippen molar-refractivity contribution >= 4 is 34.4 Å². The number of aromatic nitrogens is 1. The predicted octanol–water partition coefficient (Wildman–Crippen LogP) is 2.81. The third kappa shape index (κ3) is 5.15. The Morgan fingerprint density at radius 3 is 2.57 bits per heavy atom. The normalized spacial score (nSPS) is 26.9. The molecular formula is C31H36FN5O4S. The number of likely N-dealkylation sites (tertiary alicyclic amines) is 1. The number of nitrogens with zero attached hydrogens (tertiary/aromatic N) is 4.